The number of carbonyl (C=O) groups is 1. The van der Waals surface area contributed by atoms with Crippen molar-refractivity contribution in [2.45, 2.75) is 39.4 Å². The molecule has 0 radical (unpaired) electrons. The zero-order chi connectivity index (χ0) is 33.3. The Balaban J connectivity index is 1.75. The fourth-order valence-electron chi connectivity index (χ4n) is 5.20. The van der Waals surface area contributed by atoms with E-state index in [1.807, 2.05) is 4.90 Å². The second-order valence-corrected chi connectivity index (χ2v) is 13.1. The van der Waals surface area contributed by atoms with Gasteiger partial charge in [0.1, 0.15) is 23.1 Å². The molecule has 2 aromatic carbocycles. The lowest BCUT2D eigenvalue weighted by atomic mass is 9.82. The van der Waals surface area contributed by atoms with Gasteiger partial charge in [-0.2, -0.15) is 21.9 Å². The van der Waals surface area contributed by atoms with Crippen molar-refractivity contribution < 1.29 is 44.6 Å². The molecule has 1 aliphatic heterocycles. The minimum atomic E-state index is -3.36. The summed E-state index contributed by atoms with van der Waals surface area (Å²) in [4.78, 5) is 21.8. The third-order valence-corrected chi connectivity index (χ3v) is 8.93. The zero-order valence-electron chi connectivity index (χ0n) is 25.2. The van der Waals surface area contributed by atoms with Gasteiger partial charge in [-0.3, -0.25) is 4.79 Å². The molecule has 1 fully saturated rings. The molecule has 45 heavy (non-hydrogen) atoms. The molecule has 4 rings (SSSR count). The van der Waals surface area contributed by atoms with Crippen LogP contribution in [0.5, 0.6) is 11.5 Å². The average Bonchev–Trinajstić information content (AvgIpc) is 2.95. The lowest BCUT2D eigenvalue weighted by Gasteiger charge is -2.35. The Hall–Kier alpha value is -3.98. The molecule has 0 unspecified atom stereocenters. The van der Waals surface area contributed by atoms with E-state index in [0.717, 1.165) is 24.5 Å². The number of nitrogens with zero attached hydrogens (tertiary/aromatic N) is 4. The van der Waals surface area contributed by atoms with Crippen LogP contribution in [0.2, 0.25) is 0 Å². The van der Waals surface area contributed by atoms with Crippen molar-refractivity contribution in [1.82, 2.24) is 9.29 Å². The molecule has 1 saturated heterocycles. The van der Waals surface area contributed by atoms with Crippen LogP contribution >= 0.6 is 0 Å². The number of alkyl halides is 4. The number of pyridine rings is 1. The van der Waals surface area contributed by atoms with Gasteiger partial charge in [-0.15, -0.1) is 0 Å². The Morgan fingerprint density at radius 2 is 1.51 bits per heavy atom. The molecule has 0 saturated carbocycles. The number of piperazine rings is 1. The first kappa shape index (κ1) is 33.9. The molecule has 1 amide bonds. The predicted octanol–water partition coefficient (Wildman–Crippen LogP) is 5.42. The van der Waals surface area contributed by atoms with Gasteiger partial charge in [0.25, 0.3) is 0 Å². The van der Waals surface area contributed by atoms with Gasteiger partial charge in [0.15, 0.2) is 0 Å². The standard InChI is InChI=1S/C30H33F5N4O5S/c1-18-12-20(31)6-7-23(18)24-16-26(38-8-10-39(11-9-38)45(5,41)42)36-17-25(24)37(4)27(40)30(2,3)19-13-21(43-28(32)33)15-22(14-19)44-29(34)35/h6-7,12-17,28-29H,8-11H2,1-5H3. The Bertz CT molecular complexity index is 1640. The molecular weight excluding hydrogens is 623 g/mol. The number of sulfonamides is 1. The van der Waals surface area contributed by atoms with Gasteiger partial charge in [0, 0.05) is 44.9 Å². The second kappa shape index (κ2) is 13.2. The maximum absolute atomic E-state index is 14.1. The third kappa shape index (κ3) is 7.82. The number of amides is 1. The van der Waals surface area contributed by atoms with Crippen molar-refractivity contribution >= 4 is 27.4 Å². The molecule has 0 aliphatic carbocycles. The van der Waals surface area contributed by atoms with Crippen molar-refractivity contribution in [1.29, 1.82) is 0 Å². The van der Waals surface area contributed by atoms with E-state index < -0.39 is 51.9 Å². The first-order valence-electron chi connectivity index (χ1n) is 13.8. The summed E-state index contributed by atoms with van der Waals surface area (Å²) >= 11 is 0. The lowest BCUT2D eigenvalue weighted by molar-refractivity contribution is -0.122. The van der Waals surface area contributed by atoms with Crippen molar-refractivity contribution in [3.05, 3.63) is 65.6 Å². The van der Waals surface area contributed by atoms with Gasteiger partial charge in [0.2, 0.25) is 15.9 Å². The van der Waals surface area contributed by atoms with E-state index in [0.29, 0.717) is 41.3 Å². The topological polar surface area (TPSA) is 92.3 Å². The average molecular weight is 657 g/mol. The predicted molar refractivity (Wildman–Crippen MR) is 159 cm³/mol. The van der Waals surface area contributed by atoms with Crippen LogP contribution in [0.15, 0.2) is 48.7 Å². The zero-order valence-corrected chi connectivity index (χ0v) is 26.0. The molecule has 0 atom stereocenters. The quantitative estimate of drug-likeness (QED) is 0.269. The number of hydrogen-bond donors (Lipinski definition) is 0. The SMILES string of the molecule is Cc1cc(F)ccc1-c1cc(N2CCN(S(C)(=O)=O)CC2)ncc1N(C)C(=O)C(C)(C)c1cc(OC(F)F)cc(OC(F)F)c1. The van der Waals surface area contributed by atoms with E-state index in [2.05, 4.69) is 14.5 Å². The number of ether oxygens (including phenoxy) is 2. The minimum Gasteiger partial charge on any atom is -0.435 e. The number of rotatable bonds is 10. The summed E-state index contributed by atoms with van der Waals surface area (Å²) in [6.07, 6.45) is 2.61. The Kier molecular flexibility index (Phi) is 9.92. The summed E-state index contributed by atoms with van der Waals surface area (Å²) in [7, 11) is -1.88. The number of aromatic nitrogens is 1. The van der Waals surface area contributed by atoms with E-state index in [1.165, 1.54) is 48.4 Å². The molecule has 9 nitrogen and oxygen atoms in total. The second-order valence-electron chi connectivity index (χ2n) is 11.1. The first-order valence-corrected chi connectivity index (χ1v) is 15.6. The summed E-state index contributed by atoms with van der Waals surface area (Å²) in [5, 5.41) is 0. The van der Waals surface area contributed by atoms with E-state index >= 15 is 0 Å². The lowest BCUT2D eigenvalue weighted by Crippen LogP contribution is -2.48. The maximum Gasteiger partial charge on any atom is 0.387 e. The van der Waals surface area contributed by atoms with Gasteiger partial charge >= 0.3 is 13.2 Å². The van der Waals surface area contributed by atoms with Gasteiger partial charge in [-0.1, -0.05) is 6.07 Å². The Labute approximate surface area is 258 Å². The van der Waals surface area contributed by atoms with Crippen LogP contribution in [0.4, 0.5) is 33.5 Å². The van der Waals surface area contributed by atoms with Gasteiger partial charge in [0.05, 0.1) is 23.6 Å². The van der Waals surface area contributed by atoms with E-state index in [-0.39, 0.29) is 18.7 Å². The molecule has 0 bridgehead atoms. The number of anilines is 2. The normalized spacial score (nSPS) is 14.6. The van der Waals surface area contributed by atoms with Gasteiger partial charge in [-0.25, -0.2) is 17.8 Å². The van der Waals surface area contributed by atoms with Crippen LogP contribution in [-0.4, -0.2) is 76.3 Å². The summed E-state index contributed by atoms with van der Waals surface area (Å²) in [6, 6.07) is 9.10. The van der Waals surface area contributed by atoms with Crippen molar-refractivity contribution in [3.8, 4) is 22.6 Å². The molecule has 3 aromatic rings. The van der Waals surface area contributed by atoms with Crippen LogP contribution < -0.4 is 19.3 Å². The van der Waals surface area contributed by atoms with Crippen LogP contribution in [0.1, 0.15) is 25.0 Å². The highest BCUT2D eigenvalue weighted by atomic mass is 32.2. The highest BCUT2D eigenvalue weighted by molar-refractivity contribution is 7.88. The fourth-order valence-corrected chi connectivity index (χ4v) is 6.02. The number of benzene rings is 2. The Morgan fingerprint density at radius 3 is 2.02 bits per heavy atom. The third-order valence-electron chi connectivity index (χ3n) is 7.63. The number of likely N-dealkylation sites (N-methyl/N-ethyl adjacent to an activating group) is 1. The highest BCUT2D eigenvalue weighted by Gasteiger charge is 2.36. The summed E-state index contributed by atoms with van der Waals surface area (Å²) in [6.45, 7) is -0.569. The van der Waals surface area contributed by atoms with Crippen LogP contribution in [-0.2, 0) is 20.2 Å². The number of carbonyl (C=O) groups excluding carboxylic acids is 1. The van der Waals surface area contributed by atoms with Crippen molar-refractivity contribution in [2.24, 2.45) is 0 Å². The fraction of sp³-hybridized carbons (Fsp3) is 0.400. The number of aryl methyl sites for hydroxylation is 1. The summed E-state index contributed by atoms with van der Waals surface area (Å²) in [5.41, 5.74) is 0.604. The molecule has 2 heterocycles. The molecule has 15 heteroatoms. The maximum atomic E-state index is 14.1. The van der Waals surface area contributed by atoms with E-state index in [1.54, 1.807) is 19.1 Å². The van der Waals surface area contributed by atoms with Crippen LogP contribution in [0.3, 0.4) is 0 Å². The van der Waals surface area contributed by atoms with Gasteiger partial charge in [-0.05, 0) is 67.8 Å². The minimum absolute atomic E-state index is 0.0704. The van der Waals surface area contributed by atoms with Gasteiger partial charge < -0.3 is 19.3 Å². The first-order chi connectivity index (χ1) is 21.0. The number of hydrogen-bond acceptors (Lipinski definition) is 7. The Morgan fingerprint density at radius 1 is 0.933 bits per heavy atom. The van der Waals surface area contributed by atoms with Crippen molar-refractivity contribution in [3.63, 3.8) is 0 Å². The van der Waals surface area contributed by atoms with E-state index in [4.69, 9.17) is 0 Å². The van der Waals surface area contributed by atoms with Crippen LogP contribution in [0.25, 0.3) is 11.1 Å². The molecule has 1 aromatic heterocycles. The largest absolute Gasteiger partial charge is 0.435 e. The molecular formula is C30H33F5N4O5S. The molecule has 0 spiro atoms. The highest BCUT2D eigenvalue weighted by Crippen LogP contribution is 2.39. The molecule has 0 N–H and O–H groups in total. The van der Waals surface area contributed by atoms with Crippen molar-refractivity contribution in [2.75, 3.05) is 49.3 Å². The molecule has 244 valence electrons. The monoisotopic (exact) mass is 656 g/mol. The molecule has 1 aliphatic rings. The number of halogens is 5. The summed E-state index contributed by atoms with van der Waals surface area (Å²) in [5.74, 6) is -1.44. The van der Waals surface area contributed by atoms with Crippen LogP contribution in [0, 0.1) is 12.7 Å². The smallest absolute Gasteiger partial charge is 0.387 e. The van der Waals surface area contributed by atoms with E-state index in [9.17, 15) is 35.2 Å². The summed E-state index contributed by atoms with van der Waals surface area (Å²) < 4.78 is 100.